The number of carbonyl (C=O) groups excluding carboxylic acids is 1. The van der Waals surface area contributed by atoms with Crippen LogP contribution in [-0.4, -0.2) is 29.5 Å². The quantitative estimate of drug-likeness (QED) is 0.753. The second kappa shape index (κ2) is 4.96. The molecule has 1 rings (SSSR count). The third-order valence-corrected chi connectivity index (χ3v) is 2.61. The molecule has 0 aliphatic carbocycles. The molecule has 0 aromatic carbocycles. The molecule has 1 aliphatic rings. The summed E-state index contributed by atoms with van der Waals surface area (Å²) in [7, 11) is 0. The summed E-state index contributed by atoms with van der Waals surface area (Å²) in [6.45, 7) is 4.62. The first-order valence-corrected chi connectivity index (χ1v) is 5.57. The van der Waals surface area contributed by atoms with Gasteiger partial charge in [0, 0.05) is 12.6 Å². The van der Waals surface area contributed by atoms with Gasteiger partial charge in [-0.1, -0.05) is 15.9 Å². The molecular formula is C9H16BrNO2. The lowest BCUT2D eigenvalue weighted by atomic mass is 10.0. The molecule has 76 valence electrons. The minimum atomic E-state index is -0.106. The van der Waals surface area contributed by atoms with Crippen LogP contribution in [0.4, 0.5) is 0 Å². The Hall–Kier alpha value is -0.0900. The summed E-state index contributed by atoms with van der Waals surface area (Å²) < 4.78 is 5.39. The first kappa shape index (κ1) is 11.0. The summed E-state index contributed by atoms with van der Waals surface area (Å²) in [4.78, 5) is 11.2. The zero-order valence-corrected chi connectivity index (χ0v) is 9.63. The van der Waals surface area contributed by atoms with E-state index in [1.54, 1.807) is 0 Å². The molecule has 0 aromatic heterocycles. The predicted octanol–water partition coefficient (Wildman–Crippen LogP) is 1.45. The minimum Gasteiger partial charge on any atom is -0.378 e. The lowest BCUT2D eigenvalue weighted by molar-refractivity contribution is -0.121. The van der Waals surface area contributed by atoms with Gasteiger partial charge in [0.05, 0.1) is 10.9 Å². The number of carbonyl (C=O) groups is 1. The molecule has 1 saturated heterocycles. The first-order chi connectivity index (χ1) is 6.09. The standard InChI is InChI=1S/C9H16BrNO2/c1-6-5-8(3-4-13-6)11-9(12)7(2)10/h6-8H,3-5H2,1-2H3,(H,11,12). The fraction of sp³-hybridized carbons (Fsp3) is 0.889. The van der Waals surface area contributed by atoms with Crippen LogP contribution in [0.3, 0.4) is 0 Å². The number of alkyl halides is 1. The number of amides is 1. The van der Waals surface area contributed by atoms with E-state index in [4.69, 9.17) is 4.74 Å². The van der Waals surface area contributed by atoms with Gasteiger partial charge < -0.3 is 10.1 Å². The Morgan fingerprint density at radius 2 is 2.38 bits per heavy atom. The van der Waals surface area contributed by atoms with Gasteiger partial charge in [-0.3, -0.25) is 4.79 Å². The van der Waals surface area contributed by atoms with Crippen LogP contribution >= 0.6 is 15.9 Å². The van der Waals surface area contributed by atoms with Gasteiger partial charge in [0.25, 0.3) is 0 Å². The SMILES string of the molecule is CC1CC(NC(=O)C(C)Br)CCO1. The van der Waals surface area contributed by atoms with Crippen molar-refractivity contribution in [3.05, 3.63) is 0 Å². The molecule has 0 bridgehead atoms. The van der Waals surface area contributed by atoms with Crippen LogP contribution in [0.25, 0.3) is 0 Å². The molecule has 3 nitrogen and oxygen atoms in total. The summed E-state index contributed by atoms with van der Waals surface area (Å²) in [6.07, 6.45) is 2.12. The van der Waals surface area contributed by atoms with Crippen LogP contribution in [-0.2, 0) is 9.53 Å². The highest BCUT2D eigenvalue weighted by Crippen LogP contribution is 2.13. The molecule has 1 N–H and O–H groups in total. The van der Waals surface area contributed by atoms with Gasteiger partial charge in [-0.2, -0.15) is 0 Å². The van der Waals surface area contributed by atoms with E-state index in [-0.39, 0.29) is 22.9 Å². The number of hydrogen-bond donors (Lipinski definition) is 1. The molecule has 1 amide bonds. The molecule has 3 atom stereocenters. The van der Waals surface area contributed by atoms with Crippen LogP contribution in [0.15, 0.2) is 0 Å². The van der Waals surface area contributed by atoms with E-state index in [2.05, 4.69) is 21.2 Å². The lowest BCUT2D eigenvalue weighted by Gasteiger charge is -2.28. The van der Waals surface area contributed by atoms with E-state index in [9.17, 15) is 4.79 Å². The number of ether oxygens (including phenoxy) is 1. The third kappa shape index (κ3) is 3.65. The van der Waals surface area contributed by atoms with E-state index < -0.39 is 0 Å². The molecule has 13 heavy (non-hydrogen) atoms. The lowest BCUT2D eigenvalue weighted by Crippen LogP contribution is -2.43. The second-order valence-corrected chi connectivity index (χ2v) is 4.90. The van der Waals surface area contributed by atoms with Gasteiger partial charge in [-0.25, -0.2) is 0 Å². The Morgan fingerprint density at radius 3 is 2.92 bits per heavy atom. The maximum Gasteiger partial charge on any atom is 0.233 e. The van der Waals surface area contributed by atoms with Crippen molar-refractivity contribution in [3.63, 3.8) is 0 Å². The van der Waals surface area contributed by atoms with Crippen LogP contribution in [0, 0.1) is 0 Å². The summed E-state index contributed by atoms with van der Waals surface area (Å²) in [5.41, 5.74) is 0. The van der Waals surface area contributed by atoms with Gasteiger partial charge in [0.15, 0.2) is 0 Å². The summed E-state index contributed by atoms with van der Waals surface area (Å²) in [6, 6.07) is 0.288. The van der Waals surface area contributed by atoms with Crippen molar-refractivity contribution in [3.8, 4) is 0 Å². The van der Waals surface area contributed by atoms with Gasteiger partial charge in [0.2, 0.25) is 5.91 Å². The number of nitrogens with one attached hydrogen (secondary N) is 1. The van der Waals surface area contributed by atoms with E-state index in [1.807, 2.05) is 13.8 Å². The van der Waals surface area contributed by atoms with E-state index in [0.717, 1.165) is 19.4 Å². The Bertz CT molecular complexity index is 184. The molecular weight excluding hydrogens is 234 g/mol. The topological polar surface area (TPSA) is 38.3 Å². The van der Waals surface area contributed by atoms with Crippen LogP contribution < -0.4 is 5.32 Å². The number of halogens is 1. The maximum absolute atomic E-state index is 11.3. The predicted molar refractivity (Wildman–Crippen MR) is 55.0 cm³/mol. The second-order valence-electron chi connectivity index (χ2n) is 3.53. The zero-order chi connectivity index (χ0) is 9.84. The fourth-order valence-corrected chi connectivity index (χ4v) is 1.58. The van der Waals surface area contributed by atoms with Crippen LogP contribution in [0.1, 0.15) is 26.7 Å². The Balaban J connectivity index is 2.31. The van der Waals surface area contributed by atoms with Crippen molar-refractivity contribution in [2.45, 2.75) is 43.7 Å². The van der Waals surface area contributed by atoms with E-state index in [1.165, 1.54) is 0 Å². The summed E-state index contributed by atoms with van der Waals surface area (Å²) >= 11 is 3.24. The molecule has 0 radical (unpaired) electrons. The summed E-state index contributed by atoms with van der Waals surface area (Å²) in [5, 5.41) is 2.98. The van der Waals surface area contributed by atoms with Crippen molar-refractivity contribution in [2.24, 2.45) is 0 Å². The number of rotatable bonds is 2. The molecule has 3 unspecified atom stereocenters. The van der Waals surface area contributed by atoms with E-state index >= 15 is 0 Å². The average molecular weight is 250 g/mol. The highest BCUT2D eigenvalue weighted by Gasteiger charge is 2.21. The molecule has 1 heterocycles. The van der Waals surface area contributed by atoms with Crippen LogP contribution in [0.5, 0.6) is 0 Å². The highest BCUT2D eigenvalue weighted by molar-refractivity contribution is 9.10. The van der Waals surface area contributed by atoms with Crippen molar-refractivity contribution >= 4 is 21.8 Å². The summed E-state index contributed by atoms with van der Waals surface area (Å²) in [5.74, 6) is 0.0686. The molecule has 0 saturated carbocycles. The molecule has 1 aliphatic heterocycles. The Labute approximate surface area is 87.3 Å². The highest BCUT2D eigenvalue weighted by atomic mass is 79.9. The van der Waals surface area contributed by atoms with E-state index in [0.29, 0.717) is 0 Å². The Kier molecular flexibility index (Phi) is 4.19. The number of hydrogen-bond acceptors (Lipinski definition) is 2. The van der Waals surface area contributed by atoms with Gasteiger partial charge in [0.1, 0.15) is 0 Å². The first-order valence-electron chi connectivity index (χ1n) is 4.65. The largest absolute Gasteiger partial charge is 0.378 e. The van der Waals surface area contributed by atoms with Gasteiger partial charge >= 0.3 is 0 Å². The van der Waals surface area contributed by atoms with Crippen molar-refractivity contribution in [2.75, 3.05) is 6.61 Å². The zero-order valence-electron chi connectivity index (χ0n) is 8.05. The fourth-order valence-electron chi connectivity index (χ4n) is 1.45. The maximum atomic E-state index is 11.3. The Morgan fingerprint density at radius 1 is 1.69 bits per heavy atom. The van der Waals surface area contributed by atoms with Gasteiger partial charge in [-0.15, -0.1) is 0 Å². The van der Waals surface area contributed by atoms with Gasteiger partial charge in [-0.05, 0) is 26.7 Å². The van der Waals surface area contributed by atoms with Crippen molar-refractivity contribution < 1.29 is 9.53 Å². The van der Waals surface area contributed by atoms with Crippen LogP contribution in [0.2, 0.25) is 0 Å². The van der Waals surface area contributed by atoms with Crippen molar-refractivity contribution in [1.29, 1.82) is 0 Å². The molecule has 4 heteroatoms. The minimum absolute atomic E-state index is 0.0686. The molecule has 1 fully saturated rings. The molecule has 0 aromatic rings. The smallest absolute Gasteiger partial charge is 0.233 e. The molecule has 0 spiro atoms. The monoisotopic (exact) mass is 249 g/mol. The average Bonchev–Trinajstić information content (AvgIpc) is 2.04. The van der Waals surface area contributed by atoms with Crippen molar-refractivity contribution in [1.82, 2.24) is 5.32 Å². The third-order valence-electron chi connectivity index (χ3n) is 2.19. The normalized spacial score (nSPS) is 31.0.